The number of carboxylic acids is 1. The second-order valence-corrected chi connectivity index (χ2v) is 4.48. The summed E-state index contributed by atoms with van der Waals surface area (Å²) in [5.41, 5.74) is 1.75. The van der Waals surface area contributed by atoms with Crippen molar-refractivity contribution in [2.24, 2.45) is 0 Å². The van der Waals surface area contributed by atoms with Gasteiger partial charge in [0.25, 0.3) is 0 Å². The lowest BCUT2D eigenvalue weighted by atomic mass is 10.1. The topological polar surface area (TPSA) is 68.7 Å². The van der Waals surface area contributed by atoms with Crippen LogP contribution in [0.25, 0.3) is 11.1 Å². The van der Waals surface area contributed by atoms with Gasteiger partial charge in [-0.2, -0.15) is 0 Å². The van der Waals surface area contributed by atoms with Crippen LogP contribution in [0.15, 0.2) is 36.7 Å². The van der Waals surface area contributed by atoms with Crippen molar-refractivity contribution in [2.45, 2.75) is 6.42 Å². The van der Waals surface area contributed by atoms with Crippen molar-refractivity contribution >= 4 is 5.97 Å². The van der Waals surface area contributed by atoms with Crippen LogP contribution in [0.4, 0.5) is 0 Å². The Bertz CT molecular complexity index is 654. The molecular weight excluding hydrogens is 258 g/mol. The number of aromatic carboxylic acids is 1. The molecule has 0 aliphatic carbocycles. The molecule has 0 unspecified atom stereocenters. The van der Waals surface area contributed by atoms with E-state index in [-0.39, 0.29) is 5.56 Å². The summed E-state index contributed by atoms with van der Waals surface area (Å²) in [7, 11) is 0. The molecule has 102 valence electrons. The zero-order valence-corrected chi connectivity index (χ0v) is 10.7. The number of ether oxygens (including phenoxy) is 2. The number of fused-ring (bicyclic) bond motifs is 1. The maximum atomic E-state index is 11.0. The van der Waals surface area contributed by atoms with Crippen molar-refractivity contribution in [3.8, 4) is 22.6 Å². The molecule has 5 heteroatoms. The van der Waals surface area contributed by atoms with Gasteiger partial charge in [0, 0.05) is 24.4 Å². The molecule has 0 saturated carbocycles. The van der Waals surface area contributed by atoms with Crippen LogP contribution in [0.3, 0.4) is 0 Å². The predicted molar refractivity (Wildman–Crippen MR) is 72.2 cm³/mol. The Hall–Kier alpha value is -2.56. The van der Waals surface area contributed by atoms with Crippen molar-refractivity contribution in [3.63, 3.8) is 0 Å². The maximum Gasteiger partial charge on any atom is 0.337 e. The highest BCUT2D eigenvalue weighted by Gasteiger charge is 2.12. The van der Waals surface area contributed by atoms with Gasteiger partial charge in [0.05, 0.1) is 18.8 Å². The molecule has 2 aromatic rings. The summed E-state index contributed by atoms with van der Waals surface area (Å²) in [4.78, 5) is 14.9. The standard InChI is InChI=1S/C15H13NO4/c17-15(18)12-6-11(8-16-9-12)10-2-3-13-14(7-10)20-5-1-4-19-13/h2-3,6-9H,1,4-5H2,(H,17,18). The molecule has 1 aliphatic rings. The van der Waals surface area contributed by atoms with E-state index >= 15 is 0 Å². The lowest BCUT2D eigenvalue weighted by molar-refractivity contribution is 0.0696. The van der Waals surface area contributed by atoms with Crippen LogP contribution < -0.4 is 9.47 Å². The van der Waals surface area contributed by atoms with E-state index in [9.17, 15) is 4.79 Å². The van der Waals surface area contributed by atoms with E-state index in [1.165, 1.54) is 6.20 Å². The van der Waals surface area contributed by atoms with Gasteiger partial charge in [-0.05, 0) is 23.8 Å². The smallest absolute Gasteiger partial charge is 0.337 e. The molecule has 2 heterocycles. The van der Waals surface area contributed by atoms with E-state index < -0.39 is 5.97 Å². The average Bonchev–Trinajstić information content (AvgIpc) is 2.71. The second-order valence-electron chi connectivity index (χ2n) is 4.48. The summed E-state index contributed by atoms with van der Waals surface area (Å²) >= 11 is 0. The van der Waals surface area contributed by atoms with Crippen LogP contribution in [-0.4, -0.2) is 29.3 Å². The van der Waals surface area contributed by atoms with Gasteiger partial charge in [-0.25, -0.2) is 4.79 Å². The Labute approximate surface area is 115 Å². The fourth-order valence-electron chi connectivity index (χ4n) is 2.06. The van der Waals surface area contributed by atoms with Gasteiger partial charge in [-0.3, -0.25) is 4.98 Å². The van der Waals surface area contributed by atoms with Crippen LogP contribution in [0, 0.1) is 0 Å². The van der Waals surface area contributed by atoms with E-state index in [0.717, 1.165) is 17.5 Å². The van der Waals surface area contributed by atoms with Crippen molar-refractivity contribution in [2.75, 3.05) is 13.2 Å². The highest BCUT2D eigenvalue weighted by molar-refractivity contribution is 5.88. The number of rotatable bonds is 2. The van der Waals surface area contributed by atoms with Crippen LogP contribution in [0.5, 0.6) is 11.5 Å². The lowest BCUT2D eigenvalue weighted by Crippen LogP contribution is -1.97. The van der Waals surface area contributed by atoms with Crippen molar-refractivity contribution < 1.29 is 19.4 Å². The normalized spacial score (nSPS) is 13.6. The lowest BCUT2D eigenvalue weighted by Gasteiger charge is -2.09. The van der Waals surface area contributed by atoms with Gasteiger partial charge < -0.3 is 14.6 Å². The quantitative estimate of drug-likeness (QED) is 0.909. The van der Waals surface area contributed by atoms with E-state index in [1.54, 1.807) is 12.3 Å². The first kappa shape index (κ1) is 12.5. The number of carbonyl (C=O) groups is 1. The second kappa shape index (κ2) is 5.21. The van der Waals surface area contributed by atoms with Gasteiger partial charge in [-0.1, -0.05) is 6.07 Å². The number of hydrogen-bond acceptors (Lipinski definition) is 4. The molecule has 0 atom stereocenters. The van der Waals surface area contributed by atoms with Crippen LogP contribution in [0.1, 0.15) is 16.8 Å². The summed E-state index contributed by atoms with van der Waals surface area (Å²) in [6.07, 6.45) is 3.81. The van der Waals surface area contributed by atoms with Gasteiger partial charge in [-0.15, -0.1) is 0 Å². The summed E-state index contributed by atoms with van der Waals surface area (Å²) in [5.74, 6) is 0.406. The molecule has 1 aromatic carbocycles. The molecule has 3 rings (SSSR count). The van der Waals surface area contributed by atoms with E-state index in [0.29, 0.717) is 24.7 Å². The Kier molecular flexibility index (Phi) is 3.25. The Balaban J connectivity index is 2.00. The predicted octanol–water partition coefficient (Wildman–Crippen LogP) is 2.61. The third-order valence-corrected chi connectivity index (χ3v) is 3.07. The summed E-state index contributed by atoms with van der Waals surface area (Å²) in [6, 6.07) is 7.15. The Morgan fingerprint density at radius 1 is 1.05 bits per heavy atom. The first-order valence-electron chi connectivity index (χ1n) is 6.32. The Morgan fingerprint density at radius 3 is 2.65 bits per heavy atom. The molecule has 20 heavy (non-hydrogen) atoms. The molecule has 1 aromatic heterocycles. The van der Waals surface area contributed by atoms with E-state index in [2.05, 4.69) is 4.98 Å². The number of carboxylic acid groups (broad SMARTS) is 1. The maximum absolute atomic E-state index is 11.0. The number of aromatic nitrogens is 1. The van der Waals surface area contributed by atoms with Gasteiger partial charge in [0.1, 0.15) is 0 Å². The minimum atomic E-state index is -0.992. The zero-order valence-electron chi connectivity index (χ0n) is 10.7. The average molecular weight is 271 g/mol. The molecule has 1 aliphatic heterocycles. The number of benzene rings is 1. The first-order chi connectivity index (χ1) is 9.74. The summed E-state index contributed by atoms with van der Waals surface area (Å²) in [6.45, 7) is 1.26. The third-order valence-electron chi connectivity index (χ3n) is 3.07. The fraction of sp³-hybridized carbons (Fsp3) is 0.200. The molecule has 0 fully saturated rings. The molecule has 0 spiro atoms. The fourth-order valence-corrected chi connectivity index (χ4v) is 2.06. The highest BCUT2D eigenvalue weighted by atomic mass is 16.5. The van der Waals surface area contributed by atoms with Gasteiger partial charge in [0.2, 0.25) is 0 Å². The number of nitrogens with zero attached hydrogens (tertiary/aromatic N) is 1. The van der Waals surface area contributed by atoms with Gasteiger partial charge in [0.15, 0.2) is 11.5 Å². The van der Waals surface area contributed by atoms with Gasteiger partial charge >= 0.3 is 5.97 Å². The number of pyridine rings is 1. The van der Waals surface area contributed by atoms with E-state index in [4.69, 9.17) is 14.6 Å². The monoisotopic (exact) mass is 271 g/mol. The van der Waals surface area contributed by atoms with Crippen LogP contribution in [-0.2, 0) is 0 Å². The first-order valence-corrected chi connectivity index (χ1v) is 6.32. The Morgan fingerprint density at radius 2 is 1.85 bits per heavy atom. The molecule has 0 radical (unpaired) electrons. The van der Waals surface area contributed by atoms with Crippen molar-refractivity contribution in [3.05, 3.63) is 42.2 Å². The largest absolute Gasteiger partial charge is 0.490 e. The zero-order chi connectivity index (χ0) is 13.9. The SMILES string of the molecule is O=C(O)c1cncc(-c2ccc3c(c2)OCCCO3)c1. The minimum absolute atomic E-state index is 0.162. The van der Waals surface area contributed by atoms with Crippen LogP contribution in [0.2, 0.25) is 0 Å². The molecule has 0 bridgehead atoms. The van der Waals surface area contributed by atoms with Crippen LogP contribution >= 0.6 is 0 Å². The van der Waals surface area contributed by atoms with Crippen molar-refractivity contribution in [1.29, 1.82) is 0 Å². The minimum Gasteiger partial charge on any atom is -0.490 e. The summed E-state index contributed by atoms with van der Waals surface area (Å²) in [5, 5.41) is 9.00. The molecule has 0 amide bonds. The molecule has 0 saturated heterocycles. The van der Waals surface area contributed by atoms with E-state index in [1.807, 2.05) is 18.2 Å². The molecule has 5 nitrogen and oxygen atoms in total. The third kappa shape index (κ3) is 2.42. The summed E-state index contributed by atoms with van der Waals surface area (Å²) < 4.78 is 11.2. The number of hydrogen-bond donors (Lipinski definition) is 1. The molecule has 1 N–H and O–H groups in total. The molecular formula is C15H13NO4. The van der Waals surface area contributed by atoms with Crippen molar-refractivity contribution in [1.82, 2.24) is 4.98 Å². The highest BCUT2D eigenvalue weighted by Crippen LogP contribution is 2.34.